The molecule has 2 aromatic rings. The van der Waals surface area contributed by atoms with Gasteiger partial charge in [0.05, 0.1) is 17.9 Å². The summed E-state index contributed by atoms with van der Waals surface area (Å²) < 4.78 is 20.4. The van der Waals surface area contributed by atoms with Crippen LogP contribution in [0.5, 0.6) is 0 Å². The number of halogens is 1. The van der Waals surface area contributed by atoms with E-state index in [9.17, 15) is 9.18 Å². The van der Waals surface area contributed by atoms with Crippen molar-refractivity contribution >= 4 is 23.4 Å². The summed E-state index contributed by atoms with van der Waals surface area (Å²) in [7, 11) is 0. The number of carbonyl (C=O) groups excluding carboxylic acids is 1. The molecule has 1 saturated heterocycles. The van der Waals surface area contributed by atoms with Gasteiger partial charge in [0.25, 0.3) is 0 Å². The maximum Gasteiger partial charge on any atom is 0.238 e. The average Bonchev–Trinajstić information content (AvgIpc) is 3.27. The summed E-state index contributed by atoms with van der Waals surface area (Å²) in [4.78, 5) is 12.7. The molecule has 1 aromatic heterocycles. The van der Waals surface area contributed by atoms with Crippen LogP contribution in [0.4, 0.5) is 10.1 Å². The van der Waals surface area contributed by atoms with E-state index in [0.717, 1.165) is 19.4 Å². The van der Waals surface area contributed by atoms with E-state index in [1.807, 2.05) is 13.8 Å². The normalized spacial score (nSPS) is 18.2. The highest BCUT2D eigenvalue weighted by molar-refractivity contribution is 8.00. The number of carbonyl (C=O) groups is 1. The summed E-state index contributed by atoms with van der Waals surface area (Å²) in [5.74, 6) is -0.442. The molecular weight excluding hydrogens is 357 g/mol. The third-order valence-electron chi connectivity index (χ3n) is 4.11. The molecule has 0 unspecified atom stereocenters. The molecular formula is C17H22FN5O2S. The standard InChI is InChI=1S/C17H22FN5O2S/c1-11(2)15(16(24)19-13-7-5-12(18)6-8-13)26-17-20-21-22-23(17)10-14-4-3-9-25-14/h5-8,11,14-15H,3-4,9-10H2,1-2H3,(H,19,24)/t14-,15+/m0/s1. The molecule has 26 heavy (non-hydrogen) atoms. The third-order valence-corrected chi connectivity index (χ3v) is 5.62. The van der Waals surface area contributed by atoms with E-state index in [1.165, 1.54) is 36.0 Å². The van der Waals surface area contributed by atoms with Crippen LogP contribution < -0.4 is 5.32 Å². The Kier molecular flexibility index (Phi) is 6.20. The first-order valence-corrected chi connectivity index (χ1v) is 9.51. The second kappa shape index (κ2) is 8.59. The molecule has 0 radical (unpaired) electrons. The number of anilines is 1. The number of aromatic nitrogens is 4. The number of nitrogens with one attached hydrogen (secondary N) is 1. The fraction of sp³-hybridized carbons (Fsp3) is 0.529. The molecule has 0 saturated carbocycles. The molecule has 1 amide bonds. The lowest BCUT2D eigenvalue weighted by Crippen LogP contribution is -2.30. The molecule has 2 atom stereocenters. The van der Waals surface area contributed by atoms with E-state index in [-0.39, 0.29) is 29.0 Å². The van der Waals surface area contributed by atoms with Gasteiger partial charge in [-0.2, -0.15) is 0 Å². The number of rotatable bonds is 7. The summed E-state index contributed by atoms with van der Waals surface area (Å²) in [6.45, 7) is 5.29. The van der Waals surface area contributed by atoms with Gasteiger partial charge >= 0.3 is 0 Å². The van der Waals surface area contributed by atoms with Gasteiger partial charge in [0, 0.05) is 12.3 Å². The van der Waals surface area contributed by atoms with Gasteiger partial charge in [0.2, 0.25) is 11.1 Å². The van der Waals surface area contributed by atoms with E-state index in [1.54, 1.807) is 4.68 Å². The van der Waals surface area contributed by atoms with Gasteiger partial charge in [-0.15, -0.1) is 5.10 Å². The van der Waals surface area contributed by atoms with Crippen LogP contribution in [0.15, 0.2) is 29.4 Å². The smallest absolute Gasteiger partial charge is 0.238 e. The lowest BCUT2D eigenvalue weighted by atomic mass is 10.1. The zero-order valence-electron chi connectivity index (χ0n) is 14.8. The van der Waals surface area contributed by atoms with Gasteiger partial charge in [-0.25, -0.2) is 9.07 Å². The van der Waals surface area contributed by atoms with Crippen LogP contribution in [0.2, 0.25) is 0 Å². The molecule has 0 bridgehead atoms. The first-order valence-electron chi connectivity index (χ1n) is 8.64. The zero-order chi connectivity index (χ0) is 18.5. The van der Waals surface area contributed by atoms with E-state index < -0.39 is 0 Å². The average molecular weight is 379 g/mol. The number of benzene rings is 1. The van der Waals surface area contributed by atoms with Crippen molar-refractivity contribution in [3.8, 4) is 0 Å². The Morgan fingerprint density at radius 3 is 2.85 bits per heavy atom. The highest BCUT2D eigenvalue weighted by Gasteiger charge is 2.27. The number of hydrogen-bond acceptors (Lipinski definition) is 6. The Morgan fingerprint density at radius 1 is 1.42 bits per heavy atom. The molecule has 3 rings (SSSR count). The third kappa shape index (κ3) is 4.79. The molecule has 9 heteroatoms. The molecule has 7 nitrogen and oxygen atoms in total. The fourth-order valence-corrected chi connectivity index (χ4v) is 3.71. The van der Waals surface area contributed by atoms with Crippen molar-refractivity contribution in [1.82, 2.24) is 20.2 Å². The summed E-state index contributed by atoms with van der Waals surface area (Å²) >= 11 is 1.33. The van der Waals surface area contributed by atoms with Crippen molar-refractivity contribution in [2.24, 2.45) is 5.92 Å². The molecule has 1 aliphatic heterocycles. The zero-order valence-corrected chi connectivity index (χ0v) is 15.6. The van der Waals surface area contributed by atoms with Gasteiger partial charge < -0.3 is 10.1 Å². The van der Waals surface area contributed by atoms with Crippen LogP contribution in [-0.2, 0) is 16.1 Å². The molecule has 0 aliphatic carbocycles. The Morgan fingerprint density at radius 2 is 2.19 bits per heavy atom. The number of nitrogens with zero attached hydrogens (tertiary/aromatic N) is 4. The summed E-state index contributed by atoms with van der Waals surface area (Å²) in [5.41, 5.74) is 0.557. The van der Waals surface area contributed by atoms with Crippen LogP contribution in [0.3, 0.4) is 0 Å². The minimum absolute atomic E-state index is 0.0633. The number of ether oxygens (including phenoxy) is 1. The maximum atomic E-state index is 13.0. The van der Waals surface area contributed by atoms with E-state index in [0.29, 0.717) is 17.4 Å². The SMILES string of the molecule is CC(C)[C@@H](Sc1nnnn1C[C@@H]1CCCO1)C(=O)Nc1ccc(F)cc1. The van der Waals surface area contributed by atoms with Crippen molar-refractivity contribution in [2.45, 2.75) is 49.7 Å². The molecule has 1 fully saturated rings. The minimum Gasteiger partial charge on any atom is -0.376 e. The summed E-state index contributed by atoms with van der Waals surface area (Å²) in [6.07, 6.45) is 2.15. The predicted octanol–water partition coefficient (Wildman–Crippen LogP) is 2.75. The number of hydrogen-bond donors (Lipinski definition) is 1. The molecule has 1 aliphatic rings. The lowest BCUT2D eigenvalue weighted by Gasteiger charge is -2.19. The summed E-state index contributed by atoms with van der Waals surface area (Å²) in [5, 5.41) is 14.9. The Bertz CT molecular complexity index is 731. The van der Waals surface area contributed by atoms with Gasteiger partial charge in [-0.05, 0) is 53.5 Å². The van der Waals surface area contributed by atoms with E-state index >= 15 is 0 Å². The predicted molar refractivity (Wildman–Crippen MR) is 96.3 cm³/mol. The van der Waals surface area contributed by atoms with Gasteiger partial charge in [-0.1, -0.05) is 25.6 Å². The van der Waals surface area contributed by atoms with Crippen molar-refractivity contribution in [1.29, 1.82) is 0 Å². The highest BCUT2D eigenvalue weighted by atomic mass is 32.2. The minimum atomic E-state index is -0.380. The van der Waals surface area contributed by atoms with Crippen LogP contribution in [0, 0.1) is 11.7 Å². The van der Waals surface area contributed by atoms with Gasteiger partial charge in [0.15, 0.2) is 0 Å². The largest absolute Gasteiger partial charge is 0.376 e. The van der Waals surface area contributed by atoms with Gasteiger partial charge in [-0.3, -0.25) is 4.79 Å². The second-order valence-corrected chi connectivity index (χ2v) is 7.67. The first-order chi connectivity index (χ1) is 12.5. The Labute approximate surface area is 155 Å². The van der Waals surface area contributed by atoms with Gasteiger partial charge in [0.1, 0.15) is 5.82 Å². The van der Waals surface area contributed by atoms with Crippen molar-refractivity contribution < 1.29 is 13.9 Å². The van der Waals surface area contributed by atoms with Crippen molar-refractivity contribution in [3.63, 3.8) is 0 Å². The van der Waals surface area contributed by atoms with Crippen LogP contribution >= 0.6 is 11.8 Å². The number of amides is 1. The molecule has 140 valence electrons. The monoisotopic (exact) mass is 379 g/mol. The summed E-state index contributed by atoms with van der Waals surface area (Å²) in [6, 6.07) is 5.71. The van der Waals surface area contributed by atoms with Crippen LogP contribution in [-0.4, -0.2) is 44.1 Å². The lowest BCUT2D eigenvalue weighted by molar-refractivity contribution is -0.116. The Balaban J connectivity index is 1.67. The van der Waals surface area contributed by atoms with E-state index in [4.69, 9.17) is 4.74 Å². The molecule has 1 aromatic carbocycles. The van der Waals surface area contributed by atoms with E-state index in [2.05, 4.69) is 20.8 Å². The number of tetrazole rings is 1. The fourth-order valence-electron chi connectivity index (χ4n) is 2.73. The maximum absolute atomic E-state index is 13.0. The van der Waals surface area contributed by atoms with Crippen molar-refractivity contribution in [3.05, 3.63) is 30.1 Å². The topological polar surface area (TPSA) is 81.9 Å². The van der Waals surface area contributed by atoms with Crippen molar-refractivity contribution in [2.75, 3.05) is 11.9 Å². The highest BCUT2D eigenvalue weighted by Crippen LogP contribution is 2.28. The first kappa shape index (κ1) is 18.8. The number of thioether (sulfide) groups is 1. The van der Waals surface area contributed by atoms with Crippen LogP contribution in [0.25, 0.3) is 0 Å². The second-order valence-electron chi connectivity index (χ2n) is 6.56. The molecule has 0 spiro atoms. The Hall–Kier alpha value is -2.00. The molecule has 1 N–H and O–H groups in total. The van der Waals surface area contributed by atoms with Crippen LogP contribution in [0.1, 0.15) is 26.7 Å². The molecule has 2 heterocycles. The quantitative estimate of drug-likeness (QED) is 0.745.